The zero-order valence-corrected chi connectivity index (χ0v) is 12.3. The third-order valence-corrected chi connectivity index (χ3v) is 4.00. The van der Waals surface area contributed by atoms with Crippen LogP contribution in [0.25, 0.3) is 16.6 Å². The van der Waals surface area contributed by atoms with Gasteiger partial charge in [0, 0.05) is 17.3 Å². The van der Waals surface area contributed by atoms with Crippen LogP contribution in [0.3, 0.4) is 0 Å². The van der Waals surface area contributed by atoms with Crippen molar-refractivity contribution >= 4 is 10.9 Å². The van der Waals surface area contributed by atoms with Crippen LogP contribution in [0.2, 0.25) is 0 Å². The summed E-state index contributed by atoms with van der Waals surface area (Å²) in [5.41, 5.74) is 9.25. The van der Waals surface area contributed by atoms with Crippen LogP contribution in [0.15, 0.2) is 48.7 Å². The lowest BCUT2D eigenvalue weighted by Crippen LogP contribution is -2.15. The molecular formula is C18H18N2O2. The van der Waals surface area contributed by atoms with Gasteiger partial charge < -0.3 is 19.8 Å². The second kappa shape index (κ2) is 5.39. The molecule has 0 atom stereocenters. The van der Waals surface area contributed by atoms with Crippen LogP contribution in [0, 0.1) is 0 Å². The minimum atomic E-state index is 0.588. The largest absolute Gasteiger partial charge is 0.486 e. The lowest BCUT2D eigenvalue weighted by molar-refractivity contribution is 0.174. The molecule has 2 aromatic carbocycles. The SMILES string of the molecule is NCCc1cn(-c2ccccc2)c2ccc3c(c12)OCCO3. The van der Waals surface area contributed by atoms with E-state index in [0.29, 0.717) is 19.8 Å². The van der Waals surface area contributed by atoms with E-state index < -0.39 is 0 Å². The number of nitrogens with two attached hydrogens (primary N) is 1. The number of hydrogen-bond donors (Lipinski definition) is 1. The Hall–Kier alpha value is -2.46. The normalized spacial score (nSPS) is 13.5. The van der Waals surface area contributed by atoms with Gasteiger partial charge in [0.15, 0.2) is 11.5 Å². The molecule has 0 saturated heterocycles. The molecule has 1 aliphatic rings. The van der Waals surface area contributed by atoms with E-state index in [1.807, 2.05) is 24.3 Å². The Morgan fingerprint density at radius 2 is 1.82 bits per heavy atom. The van der Waals surface area contributed by atoms with E-state index in [-0.39, 0.29) is 0 Å². The second-order valence-electron chi connectivity index (χ2n) is 5.38. The van der Waals surface area contributed by atoms with E-state index in [1.54, 1.807) is 0 Å². The summed E-state index contributed by atoms with van der Waals surface area (Å²) in [5, 5.41) is 1.12. The smallest absolute Gasteiger partial charge is 0.171 e. The molecule has 2 N–H and O–H groups in total. The number of benzene rings is 2. The van der Waals surface area contributed by atoms with Crippen LogP contribution in [-0.2, 0) is 6.42 Å². The van der Waals surface area contributed by atoms with Crippen molar-refractivity contribution in [2.24, 2.45) is 5.73 Å². The monoisotopic (exact) mass is 294 g/mol. The van der Waals surface area contributed by atoms with Crippen molar-refractivity contribution in [3.63, 3.8) is 0 Å². The first-order valence-electron chi connectivity index (χ1n) is 7.56. The molecule has 1 aromatic heterocycles. The fourth-order valence-corrected chi connectivity index (χ4v) is 3.05. The molecule has 0 saturated carbocycles. The van der Waals surface area contributed by atoms with Crippen molar-refractivity contribution in [1.29, 1.82) is 0 Å². The number of aromatic nitrogens is 1. The van der Waals surface area contributed by atoms with Gasteiger partial charge in [-0.05, 0) is 42.8 Å². The molecule has 0 fully saturated rings. The first-order chi connectivity index (χ1) is 10.9. The molecule has 0 radical (unpaired) electrons. The number of nitrogens with zero attached hydrogens (tertiary/aromatic N) is 1. The fourth-order valence-electron chi connectivity index (χ4n) is 3.05. The Morgan fingerprint density at radius 3 is 2.64 bits per heavy atom. The maximum atomic E-state index is 5.89. The van der Waals surface area contributed by atoms with Gasteiger partial charge in [-0.15, -0.1) is 0 Å². The Morgan fingerprint density at radius 1 is 1.00 bits per heavy atom. The van der Waals surface area contributed by atoms with Gasteiger partial charge in [0.25, 0.3) is 0 Å². The standard InChI is InChI=1S/C18H18N2O2/c19-9-8-13-12-20(14-4-2-1-3-5-14)15-6-7-16-18(17(13)15)22-11-10-21-16/h1-7,12H,8-11,19H2. The highest BCUT2D eigenvalue weighted by Crippen LogP contribution is 2.41. The summed E-state index contributed by atoms with van der Waals surface area (Å²) < 4.78 is 13.8. The number of ether oxygens (including phenoxy) is 2. The summed E-state index contributed by atoms with van der Waals surface area (Å²) in [6.07, 6.45) is 2.97. The summed E-state index contributed by atoms with van der Waals surface area (Å²) >= 11 is 0. The average Bonchev–Trinajstić information content (AvgIpc) is 2.95. The zero-order chi connectivity index (χ0) is 14.9. The summed E-state index contributed by atoms with van der Waals surface area (Å²) in [6, 6.07) is 14.4. The fraction of sp³-hybridized carbons (Fsp3) is 0.222. The number of fused-ring (bicyclic) bond motifs is 3. The summed E-state index contributed by atoms with van der Waals surface area (Å²) in [6.45, 7) is 1.80. The predicted octanol–water partition coefficient (Wildman–Crippen LogP) is 2.90. The summed E-state index contributed by atoms with van der Waals surface area (Å²) in [7, 11) is 0. The maximum absolute atomic E-state index is 5.89. The highest BCUT2D eigenvalue weighted by Gasteiger charge is 2.20. The van der Waals surface area contributed by atoms with E-state index in [2.05, 4.69) is 29.0 Å². The van der Waals surface area contributed by atoms with Crippen LogP contribution in [0.5, 0.6) is 11.5 Å². The van der Waals surface area contributed by atoms with Crippen molar-refractivity contribution in [2.75, 3.05) is 19.8 Å². The van der Waals surface area contributed by atoms with Crippen LogP contribution in [0.4, 0.5) is 0 Å². The molecule has 3 aromatic rings. The molecule has 4 nitrogen and oxygen atoms in total. The lowest BCUT2D eigenvalue weighted by atomic mass is 10.1. The van der Waals surface area contributed by atoms with Gasteiger partial charge in [0.05, 0.1) is 5.52 Å². The summed E-state index contributed by atoms with van der Waals surface area (Å²) in [4.78, 5) is 0. The van der Waals surface area contributed by atoms with E-state index in [9.17, 15) is 0 Å². The van der Waals surface area contributed by atoms with Gasteiger partial charge in [-0.2, -0.15) is 0 Å². The van der Waals surface area contributed by atoms with Gasteiger partial charge in [0.1, 0.15) is 13.2 Å². The molecule has 2 heterocycles. The van der Waals surface area contributed by atoms with Crippen LogP contribution in [-0.4, -0.2) is 24.3 Å². The van der Waals surface area contributed by atoms with Crippen molar-refractivity contribution < 1.29 is 9.47 Å². The quantitative estimate of drug-likeness (QED) is 0.808. The van der Waals surface area contributed by atoms with Gasteiger partial charge in [0.2, 0.25) is 0 Å². The maximum Gasteiger partial charge on any atom is 0.171 e. The van der Waals surface area contributed by atoms with Gasteiger partial charge in [-0.1, -0.05) is 18.2 Å². The van der Waals surface area contributed by atoms with E-state index in [1.165, 1.54) is 5.56 Å². The average molecular weight is 294 g/mol. The van der Waals surface area contributed by atoms with Crippen molar-refractivity contribution in [3.8, 4) is 17.2 Å². The van der Waals surface area contributed by atoms with Crippen molar-refractivity contribution in [2.45, 2.75) is 6.42 Å². The van der Waals surface area contributed by atoms with Crippen molar-refractivity contribution in [3.05, 3.63) is 54.2 Å². The number of hydrogen-bond acceptors (Lipinski definition) is 3. The topological polar surface area (TPSA) is 49.4 Å². The first-order valence-corrected chi connectivity index (χ1v) is 7.56. The van der Waals surface area contributed by atoms with Gasteiger partial charge >= 0.3 is 0 Å². The zero-order valence-electron chi connectivity index (χ0n) is 12.3. The van der Waals surface area contributed by atoms with Crippen LogP contribution in [0.1, 0.15) is 5.56 Å². The molecule has 0 unspecified atom stereocenters. The molecule has 22 heavy (non-hydrogen) atoms. The minimum Gasteiger partial charge on any atom is -0.486 e. The Balaban J connectivity index is 2.00. The van der Waals surface area contributed by atoms with Crippen LogP contribution < -0.4 is 15.2 Å². The van der Waals surface area contributed by atoms with Gasteiger partial charge in [-0.3, -0.25) is 0 Å². The highest BCUT2D eigenvalue weighted by molar-refractivity contribution is 5.93. The van der Waals surface area contributed by atoms with Crippen molar-refractivity contribution in [1.82, 2.24) is 4.57 Å². The molecule has 0 bridgehead atoms. The third-order valence-electron chi connectivity index (χ3n) is 4.00. The third kappa shape index (κ3) is 2.04. The number of para-hydroxylation sites is 1. The molecule has 0 spiro atoms. The Labute approximate surface area is 129 Å². The van der Waals surface area contributed by atoms with Gasteiger partial charge in [-0.25, -0.2) is 0 Å². The molecule has 1 aliphatic heterocycles. The Bertz CT molecular complexity index is 809. The predicted molar refractivity (Wildman–Crippen MR) is 87.0 cm³/mol. The Kier molecular flexibility index (Phi) is 3.24. The van der Waals surface area contributed by atoms with E-state index in [4.69, 9.17) is 15.2 Å². The molecule has 4 rings (SSSR count). The van der Waals surface area contributed by atoms with E-state index >= 15 is 0 Å². The molecular weight excluding hydrogens is 276 g/mol. The molecule has 0 aliphatic carbocycles. The molecule has 0 amide bonds. The number of rotatable bonds is 3. The molecule has 4 heteroatoms. The van der Waals surface area contributed by atoms with Crippen LogP contribution >= 0.6 is 0 Å². The lowest BCUT2D eigenvalue weighted by Gasteiger charge is -2.19. The van der Waals surface area contributed by atoms with E-state index in [0.717, 1.165) is 34.5 Å². The minimum absolute atomic E-state index is 0.588. The highest BCUT2D eigenvalue weighted by atomic mass is 16.6. The molecule has 112 valence electrons. The first kappa shape index (κ1) is 13.2. The second-order valence-corrected chi connectivity index (χ2v) is 5.38. The summed E-state index contributed by atoms with van der Waals surface area (Å²) in [5.74, 6) is 1.67.